The zero-order valence-electron chi connectivity index (χ0n) is 13.3. The highest BCUT2D eigenvalue weighted by Crippen LogP contribution is 2.16. The predicted molar refractivity (Wildman–Crippen MR) is 90.4 cm³/mol. The fourth-order valence-corrected chi connectivity index (χ4v) is 4.33. The molecule has 0 bridgehead atoms. The quantitative estimate of drug-likeness (QED) is 0.438. The first-order valence-corrected chi connectivity index (χ1v) is 10.6. The summed E-state index contributed by atoms with van der Waals surface area (Å²) in [5.41, 5.74) is 0.996. The third kappa shape index (κ3) is 7.64. The van der Waals surface area contributed by atoms with E-state index in [4.69, 9.17) is 4.55 Å². The van der Waals surface area contributed by atoms with Gasteiger partial charge in [0.2, 0.25) is 0 Å². The van der Waals surface area contributed by atoms with Gasteiger partial charge in [-0.15, -0.1) is 5.92 Å². The van der Waals surface area contributed by atoms with Crippen molar-refractivity contribution in [2.45, 2.75) is 38.0 Å². The van der Waals surface area contributed by atoms with Gasteiger partial charge in [0.25, 0.3) is 10.1 Å². The summed E-state index contributed by atoms with van der Waals surface area (Å²) >= 11 is 0. The van der Waals surface area contributed by atoms with Crippen molar-refractivity contribution >= 4 is 20.0 Å². The summed E-state index contributed by atoms with van der Waals surface area (Å²) in [5.74, 6) is 4.49. The lowest BCUT2D eigenvalue weighted by Gasteiger charge is -2.09. The molecule has 0 saturated heterocycles. The molecule has 7 heteroatoms. The molecule has 23 heavy (non-hydrogen) atoms. The van der Waals surface area contributed by atoms with Crippen LogP contribution in [0.3, 0.4) is 0 Å². The standard InChI is InChI=1S/C16H22O5S2/c1-3-6-15(13-23(19,20)21)7-4-5-12-22(17,18)16-10-8-14(2)9-11-16/h8-11,15H,4-5,7,12-13H2,1-2H3,(H,19,20,21). The Hall–Kier alpha value is -1.36. The summed E-state index contributed by atoms with van der Waals surface area (Å²) in [7, 11) is -7.40. The van der Waals surface area contributed by atoms with Gasteiger partial charge in [0.15, 0.2) is 9.84 Å². The molecular formula is C16H22O5S2. The maximum atomic E-state index is 12.2. The molecule has 1 aromatic carbocycles. The minimum atomic E-state index is -4.08. The Morgan fingerprint density at radius 3 is 2.22 bits per heavy atom. The molecule has 128 valence electrons. The molecule has 1 atom stereocenters. The average molecular weight is 358 g/mol. The van der Waals surface area contributed by atoms with Crippen LogP contribution in [0.1, 0.15) is 31.7 Å². The summed E-state index contributed by atoms with van der Waals surface area (Å²) in [4.78, 5) is 0.297. The van der Waals surface area contributed by atoms with Crippen LogP contribution >= 0.6 is 0 Å². The van der Waals surface area contributed by atoms with Crippen molar-refractivity contribution in [3.63, 3.8) is 0 Å². The number of hydrogen-bond acceptors (Lipinski definition) is 4. The Morgan fingerprint density at radius 2 is 1.70 bits per heavy atom. The highest BCUT2D eigenvalue weighted by molar-refractivity contribution is 7.91. The van der Waals surface area contributed by atoms with Crippen LogP contribution in [0.4, 0.5) is 0 Å². The molecule has 5 nitrogen and oxygen atoms in total. The molecule has 1 rings (SSSR count). The maximum Gasteiger partial charge on any atom is 0.266 e. The topological polar surface area (TPSA) is 88.5 Å². The highest BCUT2D eigenvalue weighted by atomic mass is 32.2. The Labute approximate surface area is 138 Å². The third-order valence-corrected chi connectivity index (χ3v) is 6.00. The van der Waals surface area contributed by atoms with Crippen molar-refractivity contribution in [1.29, 1.82) is 0 Å². The first kappa shape index (κ1) is 19.7. The van der Waals surface area contributed by atoms with E-state index in [1.165, 1.54) is 0 Å². The van der Waals surface area contributed by atoms with E-state index in [1.807, 2.05) is 6.92 Å². The zero-order valence-corrected chi connectivity index (χ0v) is 15.0. The lowest BCUT2D eigenvalue weighted by molar-refractivity contribution is 0.470. The Morgan fingerprint density at radius 1 is 1.09 bits per heavy atom. The van der Waals surface area contributed by atoms with Gasteiger partial charge >= 0.3 is 0 Å². The molecule has 0 saturated carbocycles. The molecule has 0 aliphatic heterocycles. The number of rotatable bonds is 8. The molecule has 0 aromatic heterocycles. The summed E-state index contributed by atoms with van der Waals surface area (Å²) in [6.07, 6.45) is 1.38. The number of sulfone groups is 1. The molecule has 0 heterocycles. The van der Waals surface area contributed by atoms with Gasteiger partial charge in [-0.2, -0.15) is 8.42 Å². The van der Waals surface area contributed by atoms with Crippen LogP contribution in [0.25, 0.3) is 0 Å². The number of unbranched alkanes of at least 4 members (excludes halogenated alkanes) is 1. The Bertz CT molecular complexity index is 766. The van der Waals surface area contributed by atoms with Gasteiger partial charge in [0.05, 0.1) is 16.4 Å². The van der Waals surface area contributed by atoms with Gasteiger partial charge < -0.3 is 0 Å². The third-order valence-electron chi connectivity index (χ3n) is 3.36. The van der Waals surface area contributed by atoms with E-state index in [0.717, 1.165) is 5.56 Å². The molecule has 1 aromatic rings. The van der Waals surface area contributed by atoms with Crippen LogP contribution in [-0.2, 0) is 20.0 Å². The smallest absolute Gasteiger partial charge is 0.266 e. The van der Waals surface area contributed by atoms with E-state index < -0.39 is 31.6 Å². The molecule has 0 spiro atoms. The lowest BCUT2D eigenvalue weighted by atomic mass is 10.1. The molecule has 0 aliphatic carbocycles. The SMILES string of the molecule is CC#CC(CCCCS(=O)(=O)c1ccc(C)cc1)CS(=O)(=O)O. The van der Waals surface area contributed by atoms with Crippen LogP contribution in [0.15, 0.2) is 29.2 Å². The maximum absolute atomic E-state index is 12.2. The molecule has 1 N–H and O–H groups in total. The van der Waals surface area contributed by atoms with Crippen molar-refractivity contribution in [2.24, 2.45) is 5.92 Å². The predicted octanol–water partition coefficient (Wildman–Crippen LogP) is 2.47. The second-order valence-corrected chi connectivity index (χ2v) is 9.07. The summed E-state index contributed by atoms with van der Waals surface area (Å²) < 4.78 is 55.1. The highest BCUT2D eigenvalue weighted by Gasteiger charge is 2.17. The van der Waals surface area contributed by atoms with Gasteiger partial charge in [0.1, 0.15) is 0 Å². The minimum absolute atomic E-state index is 0.00814. The second kappa shape index (κ2) is 8.48. The number of aryl methyl sites for hydroxylation is 1. The number of hydrogen-bond donors (Lipinski definition) is 1. The van der Waals surface area contributed by atoms with Crippen molar-refractivity contribution < 1.29 is 21.4 Å². The van der Waals surface area contributed by atoms with Gasteiger partial charge in [-0.05, 0) is 38.8 Å². The van der Waals surface area contributed by atoms with E-state index in [1.54, 1.807) is 31.2 Å². The zero-order chi connectivity index (χ0) is 17.5. The molecular weight excluding hydrogens is 336 g/mol. The van der Waals surface area contributed by atoms with Gasteiger partial charge in [0, 0.05) is 5.92 Å². The van der Waals surface area contributed by atoms with Gasteiger partial charge in [-0.3, -0.25) is 4.55 Å². The second-order valence-electron chi connectivity index (χ2n) is 5.47. The molecule has 1 unspecified atom stereocenters. The van der Waals surface area contributed by atoms with Crippen LogP contribution in [0.5, 0.6) is 0 Å². The first-order chi connectivity index (χ1) is 10.6. The Balaban J connectivity index is 2.54. The first-order valence-electron chi connectivity index (χ1n) is 7.31. The van der Waals surface area contributed by atoms with E-state index in [0.29, 0.717) is 24.2 Å². The van der Waals surface area contributed by atoms with Crippen LogP contribution in [-0.4, -0.2) is 32.9 Å². The van der Waals surface area contributed by atoms with Crippen molar-refractivity contribution in [1.82, 2.24) is 0 Å². The van der Waals surface area contributed by atoms with E-state index in [-0.39, 0.29) is 5.75 Å². The normalized spacial score (nSPS) is 13.2. The van der Waals surface area contributed by atoms with E-state index >= 15 is 0 Å². The molecule has 0 fully saturated rings. The van der Waals surface area contributed by atoms with Crippen molar-refractivity contribution in [2.75, 3.05) is 11.5 Å². The fourth-order valence-electron chi connectivity index (χ4n) is 2.20. The van der Waals surface area contributed by atoms with Crippen molar-refractivity contribution in [3.8, 4) is 11.8 Å². The van der Waals surface area contributed by atoms with Crippen LogP contribution in [0, 0.1) is 24.7 Å². The number of benzene rings is 1. The summed E-state index contributed by atoms with van der Waals surface area (Å²) in [6.45, 7) is 3.49. The molecule has 0 amide bonds. The minimum Gasteiger partial charge on any atom is -0.286 e. The van der Waals surface area contributed by atoms with Crippen LogP contribution < -0.4 is 0 Å². The monoisotopic (exact) mass is 358 g/mol. The van der Waals surface area contributed by atoms with Gasteiger partial charge in [-0.25, -0.2) is 8.42 Å². The van der Waals surface area contributed by atoms with E-state index in [9.17, 15) is 16.8 Å². The fraction of sp³-hybridized carbons (Fsp3) is 0.500. The lowest BCUT2D eigenvalue weighted by Crippen LogP contribution is -2.14. The average Bonchev–Trinajstić information content (AvgIpc) is 2.42. The molecule has 0 aliphatic rings. The Kier molecular flexibility index (Phi) is 7.26. The largest absolute Gasteiger partial charge is 0.286 e. The molecule has 0 radical (unpaired) electrons. The van der Waals surface area contributed by atoms with Gasteiger partial charge in [-0.1, -0.05) is 30.0 Å². The van der Waals surface area contributed by atoms with Crippen molar-refractivity contribution in [3.05, 3.63) is 29.8 Å². The van der Waals surface area contributed by atoms with E-state index in [2.05, 4.69) is 11.8 Å². The van der Waals surface area contributed by atoms with Crippen LogP contribution in [0.2, 0.25) is 0 Å². The summed E-state index contributed by atoms with van der Waals surface area (Å²) in [6, 6.07) is 6.69. The summed E-state index contributed by atoms with van der Waals surface area (Å²) in [5, 5.41) is 0.